The van der Waals surface area contributed by atoms with Gasteiger partial charge in [-0.05, 0) is 119 Å². The number of hydrogen-bond acceptors (Lipinski definition) is 2. The molecule has 0 atom stereocenters. The van der Waals surface area contributed by atoms with Crippen LogP contribution in [0.15, 0.2) is 218 Å². The third-order valence-electron chi connectivity index (χ3n) is 10.8. The van der Waals surface area contributed by atoms with E-state index in [0.717, 1.165) is 89.0 Å². The van der Waals surface area contributed by atoms with Crippen LogP contribution in [0.2, 0.25) is 0 Å². The van der Waals surface area contributed by atoms with Crippen molar-refractivity contribution in [2.75, 3.05) is 0 Å². The first-order chi connectivity index (χ1) is 28.6. The summed E-state index contributed by atoms with van der Waals surface area (Å²) in [6, 6.07) is 80.4. The molecule has 0 unspecified atom stereocenters. The van der Waals surface area contributed by atoms with E-state index in [1.807, 2.05) is 60.7 Å². The molecule has 0 aromatic heterocycles. The van der Waals surface area contributed by atoms with Crippen LogP contribution in [0.25, 0.3) is 89.0 Å². The van der Waals surface area contributed by atoms with Crippen molar-refractivity contribution in [2.45, 2.75) is 0 Å². The highest BCUT2D eigenvalue weighted by atomic mass is 14.3. The highest BCUT2D eigenvalue weighted by Crippen LogP contribution is 2.35. The summed E-state index contributed by atoms with van der Waals surface area (Å²) in [7, 11) is 0. The lowest BCUT2D eigenvalue weighted by molar-refractivity contribution is 1.47. The molecule has 58 heavy (non-hydrogen) atoms. The molecule has 0 heterocycles. The first-order valence-electron chi connectivity index (χ1n) is 19.4. The average molecular weight is 737 g/mol. The van der Waals surface area contributed by atoms with Crippen LogP contribution in [0.1, 0.15) is 11.1 Å². The first kappa shape index (κ1) is 35.6. The fourth-order valence-electron chi connectivity index (χ4n) is 7.72. The second kappa shape index (κ2) is 16.0. The topological polar surface area (TPSA) is 47.6 Å². The van der Waals surface area contributed by atoms with Gasteiger partial charge in [0, 0.05) is 0 Å². The van der Waals surface area contributed by atoms with Crippen molar-refractivity contribution in [3.63, 3.8) is 0 Å². The lowest BCUT2D eigenvalue weighted by Crippen LogP contribution is -1.88. The van der Waals surface area contributed by atoms with Gasteiger partial charge in [-0.3, -0.25) is 0 Å². The molecular formula is C56H36N2. The molecule has 9 aromatic carbocycles. The standard InChI is InChI=1S/C56H36N2/c57-37-53-35-51(39-10-3-1-4-11-39)28-30-55(53)43-24-20-41(21-25-43)45-14-7-16-47(32-45)49-18-9-19-50(34-49)48-17-8-15-46(33-48)42-22-26-44(27-23-42)56-31-29-52(36-54(56)38-58)40-12-5-2-6-13-40/h1-36H. The third-order valence-corrected chi connectivity index (χ3v) is 10.8. The van der Waals surface area contributed by atoms with Crippen LogP contribution in [-0.2, 0) is 0 Å². The van der Waals surface area contributed by atoms with Crippen molar-refractivity contribution in [1.29, 1.82) is 10.5 Å². The molecule has 0 amide bonds. The van der Waals surface area contributed by atoms with Gasteiger partial charge in [0.15, 0.2) is 0 Å². The maximum absolute atomic E-state index is 10.0. The summed E-state index contributed by atoms with van der Waals surface area (Å²) < 4.78 is 0. The van der Waals surface area contributed by atoms with Gasteiger partial charge in [0.05, 0.1) is 23.3 Å². The minimum absolute atomic E-state index is 0.663. The third kappa shape index (κ3) is 7.35. The maximum atomic E-state index is 10.0. The fourth-order valence-corrected chi connectivity index (χ4v) is 7.72. The van der Waals surface area contributed by atoms with Gasteiger partial charge < -0.3 is 0 Å². The summed E-state index contributed by atoms with van der Waals surface area (Å²) in [5, 5.41) is 20.0. The Hall–Kier alpha value is -8.04. The summed E-state index contributed by atoms with van der Waals surface area (Å²) in [5.41, 5.74) is 18.6. The predicted octanol–water partition coefficient (Wildman–Crippen LogP) is 14.8. The molecule has 0 aliphatic rings. The van der Waals surface area contributed by atoms with Crippen LogP contribution in [0.5, 0.6) is 0 Å². The van der Waals surface area contributed by atoms with Crippen molar-refractivity contribution in [3.8, 4) is 101 Å². The molecule has 2 heteroatoms. The normalized spacial score (nSPS) is 10.7. The molecule has 0 saturated heterocycles. The van der Waals surface area contributed by atoms with Crippen molar-refractivity contribution < 1.29 is 0 Å². The smallest absolute Gasteiger partial charge is 0.0998 e. The Labute approximate surface area is 339 Å². The van der Waals surface area contributed by atoms with Gasteiger partial charge in [-0.25, -0.2) is 0 Å². The molecule has 2 nitrogen and oxygen atoms in total. The Kier molecular flexibility index (Phi) is 9.82. The van der Waals surface area contributed by atoms with Crippen LogP contribution >= 0.6 is 0 Å². The molecule has 0 saturated carbocycles. The minimum Gasteiger partial charge on any atom is -0.192 e. The van der Waals surface area contributed by atoms with E-state index >= 15 is 0 Å². The van der Waals surface area contributed by atoms with Crippen LogP contribution in [-0.4, -0.2) is 0 Å². The van der Waals surface area contributed by atoms with E-state index in [4.69, 9.17) is 0 Å². The number of nitrogens with zero attached hydrogens (tertiary/aromatic N) is 2. The van der Waals surface area contributed by atoms with Crippen molar-refractivity contribution >= 4 is 0 Å². The van der Waals surface area contributed by atoms with Crippen molar-refractivity contribution in [2.24, 2.45) is 0 Å². The largest absolute Gasteiger partial charge is 0.192 e. The maximum Gasteiger partial charge on any atom is 0.0998 e. The van der Waals surface area contributed by atoms with Gasteiger partial charge in [0.2, 0.25) is 0 Å². The SMILES string of the molecule is N#Cc1cc(-c2ccccc2)ccc1-c1ccc(-c2cccc(-c3cccc(-c4cccc(-c5ccc(-c6ccc(-c7ccccc7)cc6C#N)cc5)c4)c3)c2)cc1. The zero-order chi connectivity index (χ0) is 39.3. The molecule has 0 aliphatic heterocycles. The average Bonchev–Trinajstić information content (AvgIpc) is 3.32. The Bertz CT molecular complexity index is 2780. The zero-order valence-corrected chi connectivity index (χ0v) is 31.7. The molecular weight excluding hydrogens is 701 g/mol. The quantitative estimate of drug-likeness (QED) is 0.156. The predicted molar refractivity (Wildman–Crippen MR) is 239 cm³/mol. The Morgan fingerprint density at radius 2 is 0.448 bits per heavy atom. The lowest BCUT2D eigenvalue weighted by Gasteiger charge is -2.11. The molecule has 270 valence electrons. The molecule has 0 fully saturated rings. The van der Waals surface area contributed by atoms with Gasteiger partial charge in [0.25, 0.3) is 0 Å². The zero-order valence-electron chi connectivity index (χ0n) is 31.7. The summed E-state index contributed by atoms with van der Waals surface area (Å²) in [4.78, 5) is 0. The Morgan fingerprint density at radius 3 is 0.776 bits per heavy atom. The molecule has 9 aromatic rings. The lowest BCUT2D eigenvalue weighted by atomic mass is 9.92. The summed E-state index contributed by atoms with van der Waals surface area (Å²) in [5.74, 6) is 0. The monoisotopic (exact) mass is 736 g/mol. The number of nitriles is 2. The summed E-state index contributed by atoms with van der Waals surface area (Å²) >= 11 is 0. The molecule has 9 rings (SSSR count). The molecule has 0 radical (unpaired) electrons. The number of rotatable bonds is 8. The number of benzene rings is 9. The van der Waals surface area contributed by atoms with E-state index in [1.165, 1.54) is 0 Å². The van der Waals surface area contributed by atoms with Gasteiger partial charge in [-0.1, -0.05) is 188 Å². The van der Waals surface area contributed by atoms with Gasteiger partial charge in [0.1, 0.15) is 0 Å². The van der Waals surface area contributed by atoms with E-state index < -0.39 is 0 Å². The number of hydrogen-bond donors (Lipinski definition) is 0. The fraction of sp³-hybridized carbons (Fsp3) is 0. The van der Waals surface area contributed by atoms with E-state index in [2.05, 4.69) is 170 Å². The highest BCUT2D eigenvalue weighted by molar-refractivity contribution is 5.82. The second-order valence-corrected chi connectivity index (χ2v) is 14.4. The van der Waals surface area contributed by atoms with Crippen molar-refractivity contribution in [3.05, 3.63) is 230 Å². The Balaban J connectivity index is 0.937. The van der Waals surface area contributed by atoms with Gasteiger partial charge in [-0.15, -0.1) is 0 Å². The van der Waals surface area contributed by atoms with E-state index in [0.29, 0.717) is 11.1 Å². The van der Waals surface area contributed by atoms with E-state index in [9.17, 15) is 10.5 Å². The highest BCUT2D eigenvalue weighted by Gasteiger charge is 2.11. The minimum atomic E-state index is 0.663. The molecule has 0 bridgehead atoms. The summed E-state index contributed by atoms with van der Waals surface area (Å²) in [6.45, 7) is 0. The van der Waals surface area contributed by atoms with Gasteiger partial charge >= 0.3 is 0 Å². The van der Waals surface area contributed by atoms with E-state index in [-0.39, 0.29) is 0 Å². The van der Waals surface area contributed by atoms with Crippen LogP contribution in [0.4, 0.5) is 0 Å². The van der Waals surface area contributed by atoms with Gasteiger partial charge in [-0.2, -0.15) is 10.5 Å². The van der Waals surface area contributed by atoms with Crippen LogP contribution in [0.3, 0.4) is 0 Å². The molecule has 0 aliphatic carbocycles. The Morgan fingerprint density at radius 1 is 0.207 bits per heavy atom. The van der Waals surface area contributed by atoms with Crippen molar-refractivity contribution in [1.82, 2.24) is 0 Å². The molecule has 0 N–H and O–H groups in total. The summed E-state index contributed by atoms with van der Waals surface area (Å²) in [6.07, 6.45) is 0. The second-order valence-electron chi connectivity index (χ2n) is 14.4. The van der Waals surface area contributed by atoms with Crippen LogP contribution in [0, 0.1) is 22.7 Å². The van der Waals surface area contributed by atoms with Crippen LogP contribution < -0.4 is 0 Å². The first-order valence-corrected chi connectivity index (χ1v) is 19.4. The molecule has 0 spiro atoms. The van der Waals surface area contributed by atoms with E-state index in [1.54, 1.807) is 0 Å².